The molecular weight excluding hydrogens is 182 g/mol. The largest absolute Gasteiger partial charge is 0.306 e. The first-order chi connectivity index (χ1) is 7.36. The topological polar surface area (TPSA) is 3.24 Å². The molecule has 0 radical (unpaired) electrons. The predicted molar refractivity (Wildman–Crippen MR) is 65.1 cm³/mol. The fourth-order valence-electron chi connectivity index (χ4n) is 2.51. The summed E-state index contributed by atoms with van der Waals surface area (Å²) in [6, 6.07) is 11.0. The van der Waals surface area contributed by atoms with Crippen LogP contribution in [0.2, 0.25) is 0 Å². The molecular formula is C14H21N. The third-order valence-corrected chi connectivity index (χ3v) is 3.40. The van der Waals surface area contributed by atoms with Crippen LogP contribution in [0.3, 0.4) is 0 Å². The zero-order valence-electron chi connectivity index (χ0n) is 9.65. The van der Waals surface area contributed by atoms with Gasteiger partial charge in [0, 0.05) is 6.54 Å². The summed E-state index contributed by atoms with van der Waals surface area (Å²) < 4.78 is 0. The molecule has 0 bridgehead atoms. The van der Waals surface area contributed by atoms with Gasteiger partial charge in [0.25, 0.3) is 0 Å². The molecule has 0 amide bonds. The molecule has 2 rings (SSSR count). The number of hydrogen-bond acceptors (Lipinski definition) is 1. The minimum Gasteiger partial charge on any atom is -0.306 e. The standard InChI is InChI=1S/C14H21N/c1-15-11-7-3-6-10-14(12-15)13-8-4-2-5-9-13/h2,4-5,8-9,14H,3,6-7,10-12H2,1H3. The summed E-state index contributed by atoms with van der Waals surface area (Å²) in [5, 5.41) is 0. The van der Waals surface area contributed by atoms with Crippen molar-refractivity contribution in [3.8, 4) is 0 Å². The molecule has 0 aliphatic carbocycles. The van der Waals surface area contributed by atoms with Gasteiger partial charge in [-0.2, -0.15) is 0 Å². The highest BCUT2D eigenvalue weighted by Crippen LogP contribution is 2.25. The number of rotatable bonds is 1. The highest BCUT2D eigenvalue weighted by molar-refractivity contribution is 5.19. The zero-order valence-corrected chi connectivity index (χ0v) is 9.65. The molecule has 0 spiro atoms. The van der Waals surface area contributed by atoms with E-state index in [0.29, 0.717) is 0 Å². The number of likely N-dealkylation sites (tertiary alicyclic amines) is 1. The smallest absolute Gasteiger partial charge is 0.00472 e. The van der Waals surface area contributed by atoms with E-state index in [-0.39, 0.29) is 0 Å². The summed E-state index contributed by atoms with van der Waals surface area (Å²) in [5.74, 6) is 0.747. The quantitative estimate of drug-likeness (QED) is 0.677. The van der Waals surface area contributed by atoms with Gasteiger partial charge in [-0.3, -0.25) is 0 Å². The van der Waals surface area contributed by atoms with Crippen LogP contribution in [0.4, 0.5) is 0 Å². The molecule has 1 heterocycles. The Morgan fingerprint density at radius 1 is 1.07 bits per heavy atom. The minimum absolute atomic E-state index is 0.747. The number of hydrogen-bond donors (Lipinski definition) is 0. The van der Waals surface area contributed by atoms with Crippen molar-refractivity contribution in [3.63, 3.8) is 0 Å². The molecule has 82 valence electrons. The molecule has 1 atom stereocenters. The Morgan fingerprint density at radius 2 is 1.87 bits per heavy atom. The molecule has 1 aliphatic rings. The first-order valence-electron chi connectivity index (χ1n) is 6.10. The van der Waals surface area contributed by atoms with Crippen molar-refractivity contribution in [2.75, 3.05) is 20.1 Å². The van der Waals surface area contributed by atoms with Gasteiger partial charge in [0.1, 0.15) is 0 Å². The molecule has 0 saturated carbocycles. The maximum atomic E-state index is 2.48. The van der Waals surface area contributed by atoms with Crippen LogP contribution < -0.4 is 0 Å². The van der Waals surface area contributed by atoms with E-state index < -0.39 is 0 Å². The third-order valence-electron chi connectivity index (χ3n) is 3.40. The molecule has 15 heavy (non-hydrogen) atoms. The maximum Gasteiger partial charge on any atom is 0.00472 e. The second kappa shape index (κ2) is 5.32. The molecule has 1 aliphatic heterocycles. The summed E-state index contributed by atoms with van der Waals surface area (Å²) in [5.41, 5.74) is 1.52. The number of benzene rings is 1. The van der Waals surface area contributed by atoms with Gasteiger partial charge in [-0.1, -0.05) is 43.2 Å². The van der Waals surface area contributed by atoms with Crippen molar-refractivity contribution in [1.82, 2.24) is 4.90 Å². The monoisotopic (exact) mass is 203 g/mol. The first kappa shape index (κ1) is 10.7. The lowest BCUT2D eigenvalue weighted by Crippen LogP contribution is -2.27. The van der Waals surface area contributed by atoms with E-state index in [0.717, 1.165) is 5.92 Å². The summed E-state index contributed by atoms with van der Waals surface area (Å²) in [6.45, 7) is 2.49. The molecule has 0 aromatic heterocycles. The normalized spacial score (nSPS) is 24.5. The Bertz CT molecular complexity index is 281. The SMILES string of the molecule is CN1CCCCCC(c2ccccc2)C1. The molecule has 1 saturated heterocycles. The van der Waals surface area contributed by atoms with E-state index in [9.17, 15) is 0 Å². The van der Waals surface area contributed by atoms with Crippen molar-refractivity contribution in [1.29, 1.82) is 0 Å². The van der Waals surface area contributed by atoms with Crippen LogP contribution in [0.5, 0.6) is 0 Å². The lowest BCUT2D eigenvalue weighted by atomic mass is 9.91. The van der Waals surface area contributed by atoms with E-state index >= 15 is 0 Å². The second-order valence-corrected chi connectivity index (χ2v) is 4.72. The molecule has 1 fully saturated rings. The van der Waals surface area contributed by atoms with Crippen LogP contribution in [0, 0.1) is 0 Å². The zero-order chi connectivity index (χ0) is 10.5. The Hall–Kier alpha value is -0.820. The van der Waals surface area contributed by atoms with E-state index in [1.165, 1.54) is 44.3 Å². The van der Waals surface area contributed by atoms with Crippen LogP contribution in [0.1, 0.15) is 37.2 Å². The van der Waals surface area contributed by atoms with E-state index in [2.05, 4.69) is 42.3 Å². The summed E-state index contributed by atoms with van der Waals surface area (Å²) in [4.78, 5) is 2.48. The lowest BCUT2D eigenvalue weighted by Gasteiger charge is -2.27. The van der Waals surface area contributed by atoms with Crippen molar-refractivity contribution in [2.45, 2.75) is 31.6 Å². The summed E-state index contributed by atoms with van der Waals surface area (Å²) in [6.07, 6.45) is 5.52. The van der Waals surface area contributed by atoms with Crippen LogP contribution >= 0.6 is 0 Å². The van der Waals surface area contributed by atoms with Crippen LogP contribution in [0.15, 0.2) is 30.3 Å². The van der Waals surface area contributed by atoms with Crippen molar-refractivity contribution < 1.29 is 0 Å². The van der Waals surface area contributed by atoms with Gasteiger partial charge >= 0.3 is 0 Å². The van der Waals surface area contributed by atoms with Gasteiger partial charge in [0.2, 0.25) is 0 Å². The van der Waals surface area contributed by atoms with Crippen LogP contribution in [-0.4, -0.2) is 25.0 Å². The highest BCUT2D eigenvalue weighted by atomic mass is 15.1. The average Bonchev–Trinajstić information content (AvgIpc) is 2.24. The van der Waals surface area contributed by atoms with Gasteiger partial charge in [-0.05, 0) is 37.9 Å². The van der Waals surface area contributed by atoms with Gasteiger partial charge in [-0.25, -0.2) is 0 Å². The van der Waals surface area contributed by atoms with Crippen LogP contribution in [-0.2, 0) is 0 Å². The second-order valence-electron chi connectivity index (χ2n) is 4.72. The first-order valence-corrected chi connectivity index (χ1v) is 6.10. The number of nitrogens with zero attached hydrogens (tertiary/aromatic N) is 1. The molecule has 1 aromatic rings. The van der Waals surface area contributed by atoms with Gasteiger partial charge in [0.05, 0.1) is 0 Å². The molecule has 1 nitrogen and oxygen atoms in total. The molecule has 1 heteroatoms. The van der Waals surface area contributed by atoms with Gasteiger partial charge in [0.15, 0.2) is 0 Å². The maximum absolute atomic E-state index is 2.48. The third kappa shape index (κ3) is 3.07. The fraction of sp³-hybridized carbons (Fsp3) is 0.571. The van der Waals surface area contributed by atoms with E-state index in [1.807, 2.05) is 0 Å². The van der Waals surface area contributed by atoms with E-state index in [4.69, 9.17) is 0 Å². The minimum atomic E-state index is 0.747. The van der Waals surface area contributed by atoms with Gasteiger partial charge in [-0.15, -0.1) is 0 Å². The Kier molecular flexibility index (Phi) is 3.79. The van der Waals surface area contributed by atoms with Crippen molar-refractivity contribution in [2.24, 2.45) is 0 Å². The average molecular weight is 203 g/mol. The lowest BCUT2D eigenvalue weighted by molar-refractivity contribution is 0.275. The van der Waals surface area contributed by atoms with Crippen molar-refractivity contribution >= 4 is 0 Å². The molecule has 1 aromatic carbocycles. The van der Waals surface area contributed by atoms with Crippen LogP contribution in [0.25, 0.3) is 0 Å². The molecule has 0 N–H and O–H groups in total. The fourth-order valence-corrected chi connectivity index (χ4v) is 2.51. The Balaban J connectivity index is 2.05. The number of likely N-dealkylation sites (N-methyl/N-ethyl adjacent to an activating group) is 1. The summed E-state index contributed by atoms with van der Waals surface area (Å²) >= 11 is 0. The Labute approximate surface area is 93.1 Å². The highest BCUT2D eigenvalue weighted by Gasteiger charge is 2.15. The molecule has 1 unspecified atom stereocenters. The van der Waals surface area contributed by atoms with E-state index in [1.54, 1.807) is 0 Å². The van der Waals surface area contributed by atoms with Gasteiger partial charge < -0.3 is 4.90 Å². The Morgan fingerprint density at radius 3 is 2.67 bits per heavy atom. The summed E-state index contributed by atoms with van der Waals surface area (Å²) in [7, 11) is 2.25. The van der Waals surface area contributed by atoms with Crippen molar-refractivity contribution in [3.05, 3.63) is 35.9 Å². The predicted octanol–water partition coefficient (Wildman–Crippen LogP) is 3.28.